The lowest BCUT2D eigenvalue weighted by atomic mass is 10.0. The van der Waals surface area contributed by atoms with Crippen molar-refractivity contribution in [1.82, 2.24) is 15.5 Å². The molecule has 2 aromatic rings. The molecule has 0 radical (unpaired) electrons. The topological polar surface area (TPSA) is 95.6 Å². The fourth-order valence-corrected chi connectivity index (χ4v) is 3.47. The number of amides is 4. The number of hydrogen-bond donors (Lipinski definition) is 2. The molecule has 0 saturated carbocycles. The molecule has 2 N–H and O–H groups in total. The number of piperidine rings is 1. The molecular weight excluding hydrogens is 444 g/mol. The Morgan fingerprint density at radius 2 is 2.00 bits per heavy atom. The number of alkyl halides is 2. The second kappa shape index (κ2) is 8.31. The number of hydrogen-bond acceptors (Lipinski definition) is 4. The molecule has 2 aromatic carbocycles. The molecule has 4 amide bonds. The van der Waals surface area contributed by atoms with Crippen molar-refractivity contribution in [2.75, 3.05) is 0 Å². The van der Waals surface area contributed by atoms with Crippen molar-refractivity contribution in [3.05, 3.63) is 69.7 Å². The molecule has 0 bridgehead atoms. The van der Waals surface area contributed by atoms with E-state index in [4.69, 9.17) is 18.5 Å². The maximum Gasteiger partial charge on any atom is 0.349 e. The second-order valence-corrected chi connectivity index (χ2v) is 7.50. The summed E-state index contributed by atoms with van der Waals surface area (Å²) in [5.74, 6) is -9.13. The van der Waals surface area contributed by atoms with E-state index in [1.807, 2.05) is 5.32 Å². The summed E-state index contributed by atoms with van der Waals surface area (Å²) >= 11 is 5.69. The van der Waals surface area contributed by atoms with E-state index in [-0.39, 0.29) is 33.6 Å². The lowest BCUT2D eigenvalue weighted by molar-refractivity contribution is -0.147. The van der Waals surface area contributed by atoms with Gasteiger partial charge >= 0.3 is 5.92 Å². The van der Waals surface area contributed by atoms with Crippen LogP contribution in [0.15, 0.2) is 42.5 Å². The predicted molar refractivity (Wildman–Crippen MR) is 110 cm³/mol. The molecule has 3 unspecified atom stereocenters. The molecule has 1 saturated heterocycles. The summed E-state index contributed by atoms with van der Waals surface area (Å²) in [4.78, 5) is 50.3. The summed E-state index contributed by atoms with van der Waals surface area (Å²) < 4.78 is 69.1. The van der Waals surface area contributed by atoms with Crippen LogP contribution < -0.4 is 10.6 Å². The molecule has 1 fully saturated rings. The van der Waals surface area contributed by atoms with Gasteiger partial charge in [-0.1, -0.05) is 35.9 Å². The minimum absolute atomic E-state index is 0.0442. The van der Waals surface area contributed by atoms with Crippen molar-refractivity contribution < 1.29 is 34.9 Å². The Morgan fingerprint density at radius 3 is 2.72 bits per heavy atom. The number of rotatable bonds is 5. The number of halogens is 3. The van der Waals surface area contributed by atoms with Gasteiger partial charge < -0.3 is 10.2 Å². The largest absolute Gasteiger partial charge is 0.349 e. The molecule has 2 heterocycles. The first kappa shape index (κ1) is 16.3. The molecule has 2 aliphatic rings. The van der Waals surface area contributed by atoms with E-state index in [9.17, 15) is 28.0 Å². The van der Waals surface area contributed by atoms with Crippen LogP contribution in [0.3, 0.4) is 0 Å². The maximum absolute atomic E-state index is 14.7. The van der Waals surface area contributed by atoms with Gasteiger partial charge in [0.1, 0.15) is 6.04 Å². The summed E-state index contributed by atoms with van der Waals surface area (Å²) in [7, 11) is 0. The molecule has 0 spiro atoms. The molecule has 7 nitrogen and oxygen atoms in total. The summed E-state index contributed by atoms with van der Waals surface area (Å²) in [5.41, 5.74) is -0.537. The zero-order valence-electron chi connectivity index (χ0n) is 21.1. The molecular formula is C22H18ClF2N3O4. The predicted octanol–water partition coefficient (Wildman–Crippen LogP) is 2.51. The third-order valence-electron chi connectivity index (χ3n) is 4.98. The van der Waals surface area contributed by atoms with Crippen LogP contribution in [-0.2, 0) is 33.4 Å². The fraction of sp³-hybridized carbons (Fsp3) is 0.273. The van der Waals surface area contributed by atoms with Crippen LogP contribution in [0, 0.1) is 0 Å². The minimum atomic E-state index is -4.12. The Labute approximate surface area is 193 Å². The Morgan fingerprint density at radius 1 is 1.28 bits per heavy atom. The number of benzene rings is 2. The molecule has 3 atom stereocenters. The monoisotopic (exact) mass is 466 g/mol. The van der Waals surface area contributed by atoms with Crippen LogP contribution in [0.25, 0.3) is 0 Å². The summed E-state index contributed by atoms with van der Waals surface area (Å²) in [6.07, 6.45) is -4.65. The number of nitrogens with one attached hydrogen (secondary N) is 2. The number of carbonyl (C=O) groups is 4. The number of nitrogens with zero attached hydrogens (tertiary/aromatic N) is 1. The first-order valence-corrected chi connectivity index (χ1v) is 9.65. The molecule has 10 heteroatoms. The summed E-state index contributed by atoms with van der Waals surface area (Å²) in [6.45, 7) is -2.21. The van der Waals surface area contributed by atoms with E-state index in [0.29, 0.717) is 0 Å². The van der Waals surface area contributed by atoms with Crippen molar-refractivity contribution in [2.45, 2.75) is 37.8 Å². The van der Waals surface area contributed by atoms with Gasteiger partial charge in [0.25, 0.3) is 11.8 Å². The summed E-state index contributed by atoms with van der Waals surface area (Å²) in [5, 5.41) is 1.79. The molecule has 0 aliphatic carbocycles. The van der Waals surface area contributed by atoms with Crippen molar-refractivity contribution in [2.24, 2.45) is 0 Å². The van der Waals surface area contributed by atoms with Gasteiger partial charge in [0.2, 0.25) is 11.8 Å². The van der Waals surface area contributed by atoms with Gasteiger partial charge in [-0.25, -0.2) is 0 Å². The normalized spacial score (nSPS) is 25.5. The first-order valence-electron chi connectivity index (χ1n) is 11.9. The molecule has 0 aromatic heterocycles. The van der Waals surface area contributed by atoms with Gasteiger partial charge in [0.15, 0.2) is 1.41 Å². The Balaban J connectivity index is 1.56. The highest BCUT2D eigenvalue weighted by atomic mass is 35.5. The second-order valence-electron chi connectivity index (χ2n) is 7.07. The first-order chi connectivity index (χ1) is 17.2. The minimum Gasteiger partial charge on any atom is -0.346 e. The van der Waals surface area contributed by atoms with E-state index >= 15 is 0 Å². The van der Waals surface area contributed by atoms with E-state index in [1.165, 1.54) is 18.2 Å². The van der Waals surface area contributed by atoms with Crippen LogP contribution in [0.4, 0.5) is 8.78 Å². The number of carbonyl (C=O) groups excluding carboxylic acids is 4. The average molecular weight is 467 g/mol. The van der Waals surface area contributed by atoms with Crippen LogP contribution in [0.5, 0.6) is 0 Å². The van der Waals surface area contributed by atoms with E-state index in [0.717, 1.165) is 29.2 Å². The zero-order valence-corrected chi connectivity index (χ0v) is 16.9. The van der Waals surface area contributed by atoms with Gasteiger partial charge in [-0.2, -0.15) is 8.78 Å². The van der Waals surface area contributed by atoms with E-state index in [1.54, 1.807) is 0 Å². The van der Waals surface area contributed by atoms with Crippen molar-refractivity contribution in [3.8, 4) is 0 Å². The van der Waals surface area contributed by atoms with Crippen molar-refractivity contribution in [3.63, 3.8) is 0 Å². The van der Waals surface area contributed by atoms with Crippen LogP contribution in [0.2, 0.25) is 6.43 Å². The van der Waals surface area contributed by atoms with Crippen LogP contribution in [-0.4, -0.2) is 34.6 Å². The third kappa shape index (κ3) is 4.08. The molecule has 166 valence electrons. The van der Waals surface area contributed by atoms with Gasteiger partial charge in [-0.3, -0.25) is 24.5 Å². The standard InChI is InChI=1S/C22H18ClF2N3O4/c23-15-4-2-14(3-5-15)22(24,25)21(32)26-10-12-1-6-16-13(9-12)11-28(20(16)31)17-7-8-18(29)27-19(17)30/h1-6,9,17H,7-8,10-11H2,(H,26,32)(H,27,29,30)/i7D,8D2,10D/hD. The van der Waals surface area contributed by atoms with Crippen LogP contribution >= 0.6 is 11.6 Å². The Kier molecular flexibility index (Phi) is 4.24. The van der Waals surface area contributed by atoms with E-state index < -0.39 is 60.4 Å². The molecule has 4 rings (SSSR count). The Bertz CT molecular complexity index is 1310. The molecule has 2 aliphatic heterocycles. The average Bonchev–Trinajstić information content (AvgIpc) is 3.17. The zero-order chi connectivity index (χ0) is 27.4. The molecule has 32 heavy (non-hydrogen) atoms. The maximum atomic E-state index is 14.7. The van der Waals surface area contributed by atoms with Gasteiger partial charge in [-0.05, 0) is 35.7 Å². The highest BCUT2D eigenvalue weighted by Gasteiger charge is 2.41. The highest BCUT2D eigenvalue weighted by Crippen LogP contribution is 2.30. The fourth-order valence-electron chi connectivity index (χ4n) is 3.35. The lowest BCUT2D eigenvalue weighted by Gasteiger charge is -2.29. The smallest absolute Gasteiger partial charge is 0.346 e. The van der Waals surface area contributed by atoms with E-state index in [2.05, 4.69) is 0 Å². The summed E-state index contributed by atoms with van der Waals surface area (Å²) in [6, 6.07) is 6.19. The SMILES string of the molecule is [2H]C(c1ccc2c(c1)CN(C1C(=O)NC(=O)C([2H])([2H])C1[2H])C2=O)N([2H])C(=O)C(F)(F)c1ccc(Cl)cc1. The van der Waals surface area contributed by atoms with Crippen LogP contribution in [0.1, 0.15) is 45.3 Å². The number of imide groups is 1. The number of fused-ring (bicyclic) bond motifs is 1. The lowest BCUT2D eigenvalue weighted by Crippen LogP contribution is -2.52. The van der Waals surface area contributed by atoms with Gasteiger partial charge in [0, 0.05) is 39.7 Å². The van der Waals surface area contributed by atoms with Crippen molar-refractivity contribution in [1.29, 1.82) is 0 Å². The van der Waals surface area contributed by atoms with Crippen molar-refractivity contribution >= 4 is 35.2 Å². The van der Waals surface area contributed by atoms with Gasteiger partial charge in [-0.15, -0.1) is 0 Å². The highest BCUT2D eigenvalue weighted by molar-refractivity contribution is 6.30. The third-order valence-corrected chi connectivity index (χ3v) is 5.23. The van der Waals surface area contributed by atoms with Gasteiger partial charge in [0.05, 0.1) is 1.37 Å². The Hall–Kier alpha value is -3.33. The quantitative estimate of drug-likeness (QED) is 0.662.